The Morgan fingerprint density at radius 2 is 1.62 bits per heavy atom. The fourth-order valence-corrected chi connectivity index (χ4v) is 11.9. The second-order valence-corrected chi connectivity index (χ2v) is 23.1. The van der Waals surface area contributed by atoms with Gasteiger partial charge in [-0.1, -0.05) is 38.9 Å². The number of aromatic nitrogens is 1. The number of rotatable bonds is 18. The number of benzene rings is 1. The molecule has 23 heteroatoms. The van der Waals surface area contributed by atoms with Crippen LogP contribution in [0.2, 0.25) is 0 Å². The lowest BCUT2D eigenvalue weighted by Crippen LogP contribution is -2.61. The molecule has 0 bridgehead atoms. The molecule has 0 radical (unpaired) electrons. The Hall–Kier alpha value is -4.40. The highest BCUT2D eigenvalue weighted by atomic mass is 16.7. The van der Waals surface area contributed by atoms with Crippen molar-refractivity contribution in [2.45, 2.75) is 198 Å². The van der Waals surface area contributed by atoms with Gasteiger partial charge in [0, 0.05) is 70.2 Å². The fourth-order valence-electron chi connectivity index (χ4n) is 11.9. The minimum atomic E-state index is -2.04. The van der Waals surface area contributed by atoms with Gasteiger partial charge in [0.25, 0.3) is 0 Å². The van der Waals surface area contributed by atoms with Crippen LogP contribution >= 0.6 is 0 Å². The summed E-state index contributed by atoms with van der Waals surface area (Å²) in [6, 6.07) is 3.84. The second-order valence-electron chi connectivity index (χ2n) is 23.1. The third-order valence-electron chi connectivity index (χ3n) is 16.3. The summed E-state index contributed by atoms with van der Waals surface area (Å²) in [5.74, 6) is -5.90. The molecule has 19 atom stereocenters. The third kappa shape index (κ3) is 14.7. The molecule has 4 heterocycles. The van der Waals surface area contributed by atoms with Crippen LogP contribution in [0.4, 0.5) is 4.79 Å². The lowest BCUT2D eigenvalue weighted by molar-refractivity contribution is -0.318. The highest BCUT2D eigenvalue weighted by Crippen LogP contribution is 2.42. The Morgan fingerprint density at radius 3 is 2.22 bits per heavy atom. The van der Waals surface area contributed by atoms with Gasteiger partial charge in [0.05, 0.1) is 60.2 Å². The number of carbonyl (C=O) groups is 3. The van der Waals surface area contributed by atoms with Gasteiger partial charge in [-0.25, -0.2) is 9.59 Å². The van der Waals surface area contributed by atoms with E-state index in [-0.39, 0.29) is 50.1 Å². The van der Waals surface area contributed by atoms with Gasteiger partial charge in [-0.3, -0.25) is 14.3 Å². The Morgan fingerprint density at radius 1 is 0.936 bits per heavy atom. The molecule has 23 nitrogen and oxygen atoms in total. The molecule has 78 heavy (non-hydrogen) atoms. The summed E-state index contributed by atoms with van der Waals surface area (Å²) < 4.78 is 51.7. The standard InChI is InChI=1S/C55H89N5O18/c1-16-40-55(10,69)46(63)31(4)42(57-70)29(2)26-53(8,68)47(77-51-44(62)39(58(11)12)24-30(3)73-51)32(5)45(33(6)50(66)75-40)76-41-27-54(9,71-15)48(34(7)74-41)78-52(67)56-21-23-72-22-17-18-35-19-20-38-36(25-35)43(61)37(49(64)65)28-60(38)59(13)14/h19-20,25,28-34,39-42,44-48,51,62-63,68-69H,16-18,21-24,26-27H2,1-15H3,(H,56,67)(H,64,65)/t29-,30-,31+,32+,33-,34+,39+,40-,41+,42?,44-,45+,46-,47-,48+,51+,53-,54-,55-/m1/s1. The van der Waals surface area contributed by atoms with Crippen molar-refractivity contribution in [3.05, 3.63) is 50.7 Å². The number of hydrogen-bond donors (Lipinski definition) is 6. The predicted octanol–water partition coefficient (Wildman–Crippen LogP) is 3.95. The number of cyclic esters (lactones) is 1. The largest absolute Gasteiger partial charge is 0.477 e. The average molecular weight is 1110 g/mol. The van der Waals surface area contributed by atoms with Gasteiger partial charge < -0.3 is 78.7 Å². The van der Waals surface area contributed by atoms with Gasteiger partial charge in [-0.05, 0) is 111 Å². The molecule has 3 fully saturated rings. The number of pyridine rings is 1. The number of nitrogens with one attached hydrogen (secondary N) is 1. The number of amides is 1. The van der Waals surface area contributed by atoms with Crippen LogP contribution in [0.3, 0.4) is 0 Å². The summed E-state index contributed by atoms with van der Waals surface area (Å²) in [5.41, 5.74) is -4.62. The predicted molar refractivity (Wildman–Crippen MR) is 287 cm³/mol. The number of nitrogens with zero attached hydrogens (tertiary/aromatic N) is 4. The van der Waals surface area contributed by atoms with Crippen molar-refractivity contribution in [2.24, 2.45) is 28.8 Å². The first-order valence-electron chi connectivity index (χ1n) is 27.2. The third-order valence-corrected chi connectivity index (χ3v) is 16.3. The first kappa shape index (κ1) is 64.4. The Labute approximate surface area is 458 Å². The lowest BCUT2D eigenvalue weighted by Gasteiger charge is -2.49. The molecule has 1 aromatic carbocycles. The molecule has 0 saturated carbocycles. The quantitative estimate of drug-likeness (QED) is 0.0700. The molecule has 3 aliphatic rings. The van der Waals surface area contributed by atoms with Crippen LogP contribution in [0.15, 0.2) is 34.4 Å². The van der Waals surface area contributed by atoms with Crippen molar-refractivity contribution >= 4 is 28.9 Å². The van der Waals surface area contributed by atoms with E-state index in [4.69, 9.17) is 37.9 Å². The van der Waals surface area contributed by atoms with Gasteiger partial charge in [-0.2, -0.15) is 4.91 Å². The van der Waals surface area contributed by atoms with E-state index in [1.54, 1.807) is 84.4 Å². The van der Waals surface area contributed by atoms with Gasteiger partial charge in [0.1, 0.15) is 29.0 Å². The molecular weight excluding hydrogens is 1020 g/mol. The van der Waals surface area contributed by atoms with E-state index in [2.05, 4.69) is 10.5 Å². The number of alkyl carbamates (subject to hydrolysis) is 1. The monoisotopic (exact) mass is 1110 g/mol. The van der Waals surface area contributed by atoms with Crippen LogP contribution in [0.25, 0.3) is 10.9 Å². The van der Waals surface area contributed by atoms with E-state index in [1.807, 2.05) is 32.0 Å². The fraction of sp³-hybridized carbons (Fsp3) is 0.782. The van der Waals surface area contributed by atoms with Crippen molar-refractivity contribution in [1.82, 2.24) is 14.9 Å². The number of likely N-dealkylation sites (N-methyl/N-ethyl adjacent to an activating group) is 1. The number of nitroso groups, excluding NO2 is 1. The first-order chi connectivity index (χ1) is 36.4. The summed E-state index contributed by atoms with van der Waals surface area (Å²) in [7, 11) is 8.61. The van der Waals surface area contributed by atoms with E-state index >= 15 is 0 Å². The number of hydrogen-bond acceptors (Lipinski definition) is 20. The Balaban J connectivity index is 1.32. The number of methoxy groups -OCH3 is 1. The molecule has 0 spiro atoms. The zero-order chi connectivity index (χ0) is 58.4. The molecule has 442 valence electrons. The van der Waals surface area contributed by atoms with Crippen molar-refractivity contribution in [2.75, 3.05) is 60.1 Å². The number of esters is 1. The normalized spacial score (nSPS) is 37.3. The van der Waals surface area contributed by atoms with E-state index in [0.717, 1.165) is 5.56 Å². The molecule has 1 amide bonds. The maximum atomic E-state index is 14.5. The van der Waals surface area contributed by atoms with Crippen LogP contribution in [-0.2, 0) is 49.1 Å². The molecule has 1 unspecified atom stereocenters. The van der Waals surface area contributed by atoms with Gasteiger partial charge in [0.2, 0.25) is 5.43 Å². The number of ether oxygens (including phenoxy) is 8. The molecular formula is C55H89N5O18. The van der Waals surface area contributed by atoms with E-state index in [1.165, 1.54) is 27.2 Å². The van der Waals surface area contributed by atoms with Gasteiger partial charge >= 0.3 is 18.0 Å². The molecule has 2 aromatic rings. The lowest BCUT2D eigenvalue weighted by atomic mass is 9.72. The van der Waals surface area contributed by atoms with Gasteiger partial charge in [0.15, 0.2) is 18.7 Å². The Kier molecular flexibility index (Phi) is 22.2. The maximum Gasteiger partial charge on any atom is 0.407 e. The smallest absolute Gasteiger partial charge is 0.407 e. The van der Waals surface area contributed by atoms with Crippen LogP contribution in [-0.4, -0.2) is 198 Å². The summed E-state index contributed by atoms with van der Waals surface area (Å²) in [6.07, 6.45) is -9.02. The first-order valence-corrected chi connectivity index (χ1v) is 27.2. The molecule has 1 aromatic heterocycles. The zero-order valence-electron chi connectivity index (χ0n) is 48.2. The van der Waals surface area contributed by atoms with Crippen LogP contribution in [0.5, 0.6) is 0 Å². The minimum absolute atomic E-state index is 0.0297. The minimum Gasteiger partial charge on any atom is -0.477 e. The van der Waals surface area contributed by atoms with E-state index in [0.29, 0.717) is 36.8 Å². The number of aliphatic hydroxyl groups excluding tert-OH is 2. The van der Waals surface area contributed by atoms with E-state index in [9.17, 15) is 49.6 Å². The number of fused-ring (bicyclic) bond motifs is 1. The molecule has 3 aliphatic heterocycles. The van der Waals surface area contributed by atoms with Crippen molar-refractivity contribution in [3.8, 4) is 0 Å². The van der Waals surface area contributed by atoms with Crippen LogP contribution in [0.1, 0.15) is 117 Å². The number of aromatic carboxylic acids is 1. The molecule has 3 saturated heterocycles. The maximum absolute atomic E-state index is 14.5. The summed E-state index contributed by atoms with van der Waals surface area (Å²) in [4.78, 5) is 67.2. The van der Waals surface area contributed by atoms with Crippen molar-refractivity contribution in [1.29, 1.82) is 0 Å². The number of aliphatic hydroxyl groups is 4. The second kappa shape index (κ2) is 26.9. The van der Waals surface area contributed by atoms with E-state index < -0.39 is 125 Å². The number of carboxylic acids is 1. The number of aryl methyl sites for hydroxylation is 1. The van der Waals surface area contributed by atoms with Crippen molar-refractivity contribution in [3.63, 3.8) is 0 Å². The summed E-state index contributed by atoms with van der Waals surface area (Å²) in [6.45, 7) is 17.0. The Bertz CT molecular complexity index is 2400. The van der Waals surface area contributed by atoms with Gasteiger partial charge in [-0.15, -0.1) is 0 Å². The number of carboxylic acid groups (broad SMARTS) is 1. The molecule has 5 rings (SSSR count). The van der Waals surface area contributed by atoms with Crippen LogP contribution < -0.4 is 15.8 Å². The zero-order valence-corrected chi connectivity index (χ0v) is 48.2. The topological polar surface area (TPSA) is 296 Å². The van der Waals surface area contributed by atoms with Crippen molar-refractivity contribution < 1.29 is 77.8 Å². The SMILES string of the molecule is CC[C@H]1OC(=O)[C@H](C)[C@@H](O[C@H]2C[C@@](C)(OC)[C@@H](OC(=O)NCCOCCCc3ccc4c(c3)c(=O)c(C(=O)O)cn4N(C)C)[C@H](C)O2)[C@H](C)[C@@H](O[C@@H]2O[C@H](C)C[C@H](N(C)C)[C@H]2O)[C@](C)(O)C[C@@H](C)C(N=O)[C@H](C)[C@@H](O)[C@]1(C)O. The van der Waals surface area contributed by atoms with Crippen LogP contribution in [0, 0.1) is 28.6 Å². The molecule has 6 N–H and O–H groups in total. The summed E-state index contributed by atoms with van der Waals surface area (Å²) in [5, 5.41) is 65.7. The summed E-state index contributed by atoms with van der Waals surface area (Å²) >= 11 is 0. The highest BCUT2D eigenvalue weighted by Gasteiger charge is 2.55. The number of carbonyl (C=O) groups excluding carboxylic acids is 2. The average Bonchev–Trinajstić information content (AvgIpc) is 3.43. The highest BCUT2D eigenvalue weighted by molar-refractivity contribution is 5.92. The molecule has 0 aliphatic carbocycles.